The molecule has 52 heavy (non-hydrogen) atoms. The fourth-order valence-electron chi connectivity index (χ4n) is 5.89. The number of ether oxygens (including phenoxy) is 6. The van der Waals surface area contributed by atoms with Gasteiger partial charge in [-0.25, -0.2) is 0 Å². The van der Waals surface area contributed by atoms with Crippen molar-refractivity contribution in [2.24, 2.45) is 0 Å². The first-order valence-electron chi connectivity index (χ1n) is 15.5. The predicted octanol–water partition coefficient (Wildman–Crippen LogP) is 4.04. The highest BCUT2D eigenvalue weighted by atomic mass is 32.2. The number of quaternary nitrogens is 1. The minimum atomic E-state index is -4.71. The summed E-state index contributed by atoms with van der Waals surface area (Å²) >= 11 is 0. The molecule has 2 N–H and O–H groups in total. The highest BCUT2D eigenvalue weighted by Gasteiger charge is 2.42. The van der Waals surface area contributed by atoms with Crippen molar-refractivity contribution >= 4 is 31.6 Å². The molecule has 0 aliphatic heterocycles. The van der Waals surface area contributed by atoms with Crippen molar-refractivity contribution in [3.05, 3.63) is 60.9 Å². The van der Waals surface area contributed by atoms with E-state index in [1.54, 1.807) is 66.7 Å². The Balaban J connectivity index is 1.72. The SMILES string of the molecule is COc1cc(-c2ccc(N(C)CC(CS(=O)(=O)O)[N+](C)(CS(=O)(=O)O)c3ccc(-c4cc(OC)c(OC)c(OC)c4)nc3)cn2)cc(OC)c1OC. The monoisotopic (exact) mass is 763 g/mol. The lowest BCUT2D eigenvalue weighted by molar-refractivity contribution is 0.283. The maximum atomic E-state index is 12.5. The van der Waals surface area contributed by atoms with Gasteiger partial charge in [-0.3, -0.25) is 23.6 Å². The second-order valence-corrected chi connectivity index (χ2v) is 14.8. The number of methoxy groups -OCH3 is 6. The Kier molecular flexibility index (Phi) is 12.4. The molecule has 18 heteroatoms. The molecule has 0 saturated heterocycles. The summed E-state index contributed by atoms with van der Waals surface area (Å²) in [6.45, 7) is -0.106. The van der Waals surface area contributed by atoms with E-state index in [1.165, 1.54) is 55.9 Å². The van der Waals surface area contributed by atoms with Crippen LogP contribution in [-0.2, 0) is 20.2 Å². The lowest BCUT2D eigenvalue weighted by Gasteiger charge is -2.41. The highest BCUT2D eigenvalue weighted by Crippen LogP contribution is 2.42. The van der Waals surface area contributed by atoms with E-state index >= 15 is 0 Å². The molecule has 0 spiro atoms. The Labute approximate surface area is 303 Å². The second kappa shape index (κ2) is 16.2. The fourth-order valence-corrected chi connectivity index (χ4v) is 7.85. The van der Waals surface area contributed by atoms with Crippen LogP contribution in [0.3, 0.4) is 0 Å². The number of pyridine rings is 2. The average Bonchev–Trinajstić information content (AvgIpc) is 3.11. The van der Waals surface area contributed by atoms with Gasteiger partial charge in [-0.15, -0.1) is 0 Å². The summed E-state index contributed by atoms with van der Waals surface area (Å²) in [6.07, 6.45) is 2.94. The molecule has 0 aliphatic rings. The van der Waals surface area contributed by atoms with Gasteiger partial charge in [0.05, 0.1) is 85.7 Å². The quantitative estimate of drug-likeness (QED) is 0.116. The first-order chi connectivity index (χ1) is 24.5. The largest absolute Gasteiger partial charge is 0.493 e. The number of hydrogen-bond acceptors (Lipinski definition) is 13. The molecule has 16 nitrogen and oxygen atoms in total. The molecule has 0 aliphatic carbocycles. The molecule has 2 heterocycles. The molecule has 0 amide bonds. The van der Waals surface area contributed by atoms with Crippen molar-refractivity contribution in [3.8, 4) is 57.0 Å². The second-order valence-electron chi connectivity index (χ2n) is 11.9. The number of benzene rings is 2. The number of nitrogens with zero attached hydrogens (tertiary/aromatic N) is 4. The number of likely N-dealkylation sites (N-methyl/N-ethyl adjacent to an activating group) is 2. The van der Waals surface area contributed by atoms with E-state index in [4.69, 9.17) is 28.4 Å². The first kappa shape index (κ1) is 39.9. The van der Waals surface area contributed by atoms with E-state index in [0.717, 1.165) is 0 Å². The van der Waals surface area contributed by atoms with Crippen LogP contribution in [0.2, 0.25) is 0 Å². The number of hydrogen-bond donors (Lipinski definition) is 2. The van der Waals surface area contributed by atoms with Gasteiger partial charge in [-0.2, -0.15) is 16.8 Å². The summed E-state index contributed by atoms with van der Waals surface area (Å²) in [5.41, 5.74) is 3.06. The lowest BCUT2D eigenvalue weighted by Crippen LogP contribution is -2.62. The predicted molar refractivity (Wildman–Crippen MR) is 196 cm³/mol. The lowest BCUT2D eigenvalue weighted by atomic mass is 10.1. The summed E-state index contributed by atoms with van der Waals surface area (Å²) in [5, 5.41) is 0. The van der Waals surface area contributed by atoms with Gasteiger partial charge in [0.2, 0.25) is 17.4 Å². The summed E-state index contributed by atoms with van der Waals surface area (Å²) in [7, 11) is 2.67. The van der Waals surface area contributed by atoms with E-state index in [-0.39, 0.29) is 12.2 Å². The standard InChI is InChI=1S/C34H42N4O12S2/c1-37(24-9-11-27(35-17-24)22-13-29(45-3)33(49-7)30(14-22)46-4)19-26(20-51(39,40)41)38(2,21-52(42,43)44)25-10-12-28(36-18-25)23-15-31(47-5)34(50-8)32(16-23)48-6/h9-18,26H,19-21H2,1-8H3,(H-,39,40,41,42,43,44)/p+1. The smallest absolute Gasteiger partial charge is 0.316 e. The number of anilines is 1. The highest BCUT2D eigenvalue weighted by molar-refractivity contribution is 7.86. The van der Waals surface area contributed by atoms with Crippen LogP contribution in [0.1, 0.15) is 0 Å². The van der Waals surface area contributed by atoms with Crippen LogP contribution in [0.15, 0.2) is 60.9 Å². The minimum absolute atomic E-state index is 0.106. The van der Waals surface area contributed by atoms with Gasteiger partial charge < -0.3 is 33.3 Å². The Morgan fingerprint density at radius 1 is 0.673 bits per heavy atom. The van der Waals surface area contributed by atoms with Gasteiger partial charge in [0.25, 0.3) is 10.1 Å². The van der Waals surface area contributed by atoms with E-state index in [2.05, 4.69) is 9.97 Å². The van der Waals surface area contributed by atoms with E-state index < -0.39 is 42.4 Å². The van der Waals surface area contributed by atoms with Crippen molar-refractivity contribution in [1.29, 1.82) is 0 Å². The third-order valence-corrected chi connectivity index (χ3v) is 10.2. The molecule has 2 aromatic carbocycles. The molecule has 0 bridgehead atoms. The summed E-state index contributed by atoms with van der Waals surface area (Å²) in [6, 6.07) is 12.4. The number of rotatable bonds is 17. The first-order valence-corrected chi connectivity index (χ1v) is 18.7. The van der Waals surface area contributed by atoms with Crippen molar-refractivity contribution in [3.63, 3.8) is 0 Å². The van der Waals surface area contributed by atoms with E-state index in [1.807, 2.05) is 0 Å². The van der Waals surface area contributed by atoms with Gasteiger partial charge in [0.1, 0.15) is 11.8 Å². The molecule has 2 atom stereocenters. The van der Waals surface area contributed by atoms with Crippen LogP contribution in [0.25, 0.3) is 22.5 Å². The molecular formula is C34H43N4O12S2+. The Hall–Kier alpha value is -4.88. The molecule has 282 valence electrons. The van der Waals surface area contributed by atoms with Crippen LogP contribution in [0.4, 0.5) is 11.4 Å². The topological polar surface area (TPSA) is 193 Å². The van der Waals surface area contributed by atoms with Crippen LogP contribution < -0.4 is 37.8 Å². The summed E-state index contributed by atoms with van der Waals surface area (Å²) in [5.74, 6) is 0.677. The van der Waals surface area contributed by atoms with Gasteiger partial charge in [-0.05, 0) is 42.5 Å². The molecule has 2 unspecified atom stereocenters. The van der Waals surface area contributed by atoms with Crippen LogP contribution in [0, 0.1) is 0 Å². The van der Waals surface area contributed by atoms with Gasteiger partial charge >= 0.3 is 10.1 Å². The van der Waals surface area contributed by atoms with Crippen molar-refractivity contribution in [1.82, 2.24) is 14.5 Å². The van der Waals surface area contributed by atoms with Crippen molar-refractivity contribution < 1.29 is 54.4 Å². The molecule has 0 fully saturated rings. The zero-order chi connectivity index (χ0) is 38.4. The van der Waals surface area contributed by atoms with E-state index in [9.17, 15) is 25.9 Å². The third kappa shape index (κ3) is 9.12. The van der Waals surface area contributed by atoms with Crippen molar-refractivity contribution in [2.45, 2.75) is 6.04 Å². The molecule has 2 aromatic heterocycles. The van der Waals surface area contributed by atoms with Crippen LogP contribution in [0.5, 0.6) is 34.5 Å². The molecular weight excluding hydrogens is 721 g/mol. The zero-order valence-electron chi connectivity index (χ0n) is 30.1. The zero-order valence-corrected chi connectivity index (χ0v) is 31.7. The van der Waals surface area contributed by atoms with Crippen LogP contribution in [-0.4, -0.2) is 117 Å². The maximum Gasteiger partial charge on any atom is 0.316 e. The Bertz CT molecular complexity index is 2030. The van der Waals surface area contributed by atoms with Gasteiger partial charge in [-0.1, -0.05) is 0 Å². The third-order valence-electron chi connectivity index (χ3n) is 8.57. The average molecular weight is 764 g/mol. The normalized spacial score (nSPS) is 13.4. The molecule has 0 saturated carbocycles. The van der Waals surface area contributed by atoms with Crippen molar-refractivity contribution in [2.75, 3.05) is 79.8 Å². The summed E-state index contributed by atoms with van der Waals surface area (Å²) in [4.78, 5) is 10.8. The Morgan fingerprint density at radius 2 is 1.12 bits per heavy atom. The maximum absolute atomic E-state index is 12.5. The molecule has 4 aromatic rings. The number of aromatic nitrogens is 2. The van der Waals surface area contributed by atoms with Gasteiger partial charge in [0, 0.05) is 24.2 Å². The molecule has 4 rings (SSSR count). The Morgan fingerprint density at radius 3 is 1.44 bits per heavy atom. The van der Waals surface area contributed by atoms with Crippen LogP contribution >= 0.6 is 0 Å². The molecule has 0 radical (unpaired) electrons. The van der Waals surface area contributed by atoms with E-state index in [0.29, 0.717) is 62.7 Å². The fraction of sp³-hybridized carbons (Fsp3) is 0.353. The van der Waals surface area contributed by atoms with Gasteiger partial charge in [0.15, 0.2) is 28.7 Å². The minimum Gasteiger partial charge on any atom is -0.493 e. The summed E-state index contributed by atoms with van der Waals surface area (Å²) < 4.78 is 102.